The zero-order chi connectivity index (χ0) is 13.1. The average Bonchev–Trinajstić information content (AvgIpc) is 2.73. The van der Waals surface area contributed by atoms with Crippen molar-refractivity contribution in [2.24, 2.45) is 0 Å². The van der Waals surface area contributed by atoms with Crippen LogP contribution in [0.4, 0.5) is 0 Å². The molecule has 0 saturated carbocycles. The minimum absolute atomic E-state index is 0.253. The Bertz CT molecular complexity index is 536. The maximum atomic E-state index is 3.63. The molecule has 1 unspecified atom stereocenters. The number of thiophene rings is 1. The standard InChI is InChI=1S/C14H15Br2NS/c1-3-17-14(12-7-18-8-13(12)16)11-5-4-10(15)6-9(11)2/h4-8,14,17H,3H2,1-2H3. The molecular weight excluding hydrogens is 374 g/mol. The van der Waals surface area contributed by atoms with Gasteiger partial charge in [0.2, 0.25) is 0 Å². The van der Waals surface area contributed by atoms with Gasteiger partial charge in [-0.05, 0) is 63.6 Å². The van der Waals surface area contributed by atoms with Crippen molar-refractivity contribution < 1.29 is 0 Å². The molecule has 1 atom stereocenters. The number of nitrogens with one attached hydrogen (secondary N) is 1. The first kappa shape index (κ1) is 14.3. The lowest BCUT2D eigenvalue weighted by atomic mass is 9.97. The average molecular weight is 389 g/mol. The van der Waals surface area contributed by atoms with Gasteiger partial charge in [-0.25, -0.2) is 0 Å². The lowest BCUT2D eigenvalue weighted by molar-refractivity contribution is 0.627. The first-order chi connectivity index (χ1) is 8.63. The maximum Gasteiger partial charge on any atom is 0.0598 e. The van der Waals surface area contributed by atoms with E-state index in [1.54, 1.807) is 11.3 Å². The van der Waals surface area contributed by atoms with Crippen LogP contribution in [0.15, 0.2) is 37.9 Å². The molecule has 0 spiro atoms. The topological polar surface area (TPSA) is 12.0 Å². The first-order valence-electron chi connectivity index (χ1n) is 5.84. The van der Waals surface area contributed by atoms with Gasteiger partial charge in [-0.2, -0.15) is 11.3 Å². The van der Waals surface area contributed by atoms with Crippen molar-refractivity contribution in [1.82, 2.24) is 5.32 Å². The van der Waals surface area contributed by atoms with E-state index in [1.807, 2.05) is 0 Å². The third-order valence-corrected chi connectivity index (χ3v) is 5.15. The number of hydrogen-bond acceptors (Lipinski definition) is 2. The Labute approximate surface area is 129 Å². The normalized spacial score (nSPS) is 12.7. The van der Waals surface area contributed by atoms with E-state index in [2.05, 4.69) is 80.0 Å². The Kier molecular flexibility index (Phi) is 5.01. The SMILES string of the molecule is CCNC(c1ccc(Br)cc1C)c1cscc1Br. The fourth-order valence-electron chi connectivity index (χ4n) is 2.05. The lowest BCUT2D eigenvalue weighted by Gasteiger charge is -2.20. The van der Waals surface area contributed by atoms with Gasteiger partial charge in [-0.3, -0.25) is 0 Å². The highest BCUT2D eigenvalue weighted by atomic mass is 79.9. The number of benzene rings is 1. The Balaban J connectivity index is 2.45. The molecule has 0 saturated heterocycles. The number of halogens is 2. The van der Waals surface area contributed by atoms with E-state index in [9.17, 15) is 0 Å². The highest BCUT2D eigenvalue weighted by molar-refractivity contribution is 9.10. The molecule has 2 rings (SSSR count). The van der Waals surface area contributed by atoms with Crippen molar-refractivity contribution in [3.63, 3.8) is 0 Å². The molecule has 96 valence electrons. The van der Waals surface area contributed by atoms with Crippen molar-refractivity contribution in [3.8, 4) is 0 Å². The van der Waals surface area contributed by atoms with Crippen molar-refractivity contribution in [2.45, 2.75) is 19.9 Å². The van der Waals surface area contributed by atoms with Gasteiger partial charge < -0.3 is 5.32 Å². The fourth-order valence-corrected chi connectivity index (χ4v) is 4.08. The molecule has 0 bridgehead atoms. The zero-order valence-corrected chi connectivity index (χ0v) is 14.3. The molecule has 18 heavy (non-hydrogen) atoms. The molecule has 1 heterocycles. The summed E-state index contributed by atoms with van der Waals surface area (Å²) >= 11 is 8.88. The van der Waals surface area contributed by atoms with E-state index in [4.69, 9.17) is 0 Å². The van der Waals surface area contributed by atoms with Gasteiger partial charge in [-0.1, -0.05) is 28.9 Å². The van der Waals surface area contributed by atoms with Crippen LogP contribution in [-0.2, 0) is 0 Å². The first-order valence-corrected chi connectivity index (χ1v) is 8.37. The second kappa shape index (κ2) is 6.33. The van der Waals surface area contributed by atoms with Gasteiger partial charge in [0.1, 0.15) is 0 Å². The molecule has 4 heteroatoms. The highest BCUT2D eigenvalue weighted by Gasteiger charge is 2.18. The molecule has 0 radical (unpaired) electrons. The van der Waals surface area contributed by atoms with Crippen LogP contribution in [0.2, 0.25) is 0 Å². The summed E-state index contributed by atoms with van der Waals surface area (Å²) in [5.41, 5.74) is 3.94. The molecule has 0 aliphatic rings. The van der Waals surface area contributed by atoms with E-state index < -0.39 is 0 Å². The predicted molar refractivity (Wildman–Crippen MR) is 86.4 cm³/mol. The summed E-state index contributed by atoms with van der Waals surface area (Å²) in [5, 5.41) is 7.90. The van der Waals surface area contributed by atoms with Crippen LogP contribution in [-0.4, -0.2) is 6.54 Å². The van der Waals surface area contributed by atoms with Gasteiger partial charge in [-0.15, -0.1) is 0 Å². The van der Waals surface area contributed by atoms with E-state index in [1.165, 1.54) is 21.2 Å². The fraction of sp³-hybridized carbons (Fsp3) is 0.286. The molecule has 1 aromatic carbocycles. The quantitative estimate of drug-likeness (QED) is 0.751. The summed E-state index contributed by atoms with van der Waals surface area (Å²) in [6, 6.07) is 6.72. The van der Waals surface area contributed by atoms with Gasteiger partial charge in [0, 0.05) is 14.3 Å². The minimum atomic E-state index is 0.253. The summed E-state index contributed by atoms with van der Waals surface area (Å²) in [6.45, 7) is 5.24. The Morgan fingerprint density at radius 2 is 2.00 bits per heavy atom. The molecule has 2 aromatic rings. The van der Waals surface area contributed by atoms with E-state index >= 15 is 0 Å². The zero-order valence-electron chi connectivity index (χ0n) is 10.3. The van der Waals surface area contributed by atoms with Crippen molar-refractivity contribution in [3.05, 3.63) is 54.6 Å². The Hall–Kier alpha value is -0.160. The smallest absolute Gasteiger partial charge is 0.0598 e. The number of aryl methyl sites for hydroxylation is 1. The van der Waals surface area contributed by atoms with Crippen LogP contribution in [0.3, 0.4) is 0 Å². The van der Waals surface area contributed by atoms with Crippen LogP contribution < -0.4 is 5.32 Å². The summed E-state index contributed by atoms with van der Waals surface area (Å²) in [4.78, 5) is 0. The van der Waals surface area contributed by atoms with E-state index in [0.717, 1.165) is 11.0 Å². The Morgan fingerprint density at radius 1 is 1.22 bits per heavy atom. The van der Waals surface area contributed by atoms with E-state index in [-0.39, 0.29) is 6.04 Å². The monoisotopic (exact) mass is 387 g/mol. The molecule has 1 aromatic heterocycles. The van der Waals surface area contributed by atoms with Crippen molar-refractivity contribution in [1.29, 1.82) is 0 Å². The van der Waals surface area contributed by atoms with E-state index in [0.29, 0.717) is 0 Å². The highest BCUT2D eigenvalue weighted by Crippen LogP contribution is 2.33. The largest absolute Gasteiger partial charge is 0.306 e. The number of rotatable bonds is 4. The second-order valence-electron chi connectivity index (χ2n) is 4.17. The molecule has 0 aliphatic carbocycles. The molecule has 1 N–H and O–H groups in total. The molecule has 0 amide bonds. The summed E-state index contributed by atoms with van der Waals surface area (Å²) in [5.74, 6) is 0. The van der Waals surface area contributed by atoms with Crippen LogP contribution >= 0.6 is 43.2 Å². The van der Waals surface area contributed by atoms with Crippen molar-refractivity contribution in [2.75, 3.05) is 6.54 Å². The lowest BCUT2D eigenvalue weighted by Crippen LogP contribution is -2.22. The summed E-state index contributed by atoms with van der Waals surface area (Å²) in [7, 11) is 0. The molecule has 0 aliphatic heterocycles. The van der Waals surface area contributed by atoms with Gasteiger partial charge in [0.25, 0.3) is 0 Å². The van der Waals surface area contributed by atoms with Gasteiger partial charge in [0.15, 0.2) is 0 Å². The van der Waals surface area contributed by atoms with Crippen LogP contribution in [0.25, 0.3) is 0 Å². The summed E-state index contributed by atoms with van der Waals surface area (Å²) in [6.07, 6.45) is 0. The molecule has 1 nitrogen and oxygen atoms in total. The molecular formula is C14H15Br2NS. The number of hydrogen-bond donors (Lipinski definition) is 1. The third-order valence-electron chi connectivity index (χ3n) is 2.90. The summed E-state index contributed by atoms with van der Waals surface area (Å²) < 4.78 is 2.31. The van der Waals surface area contributed by atoms with Crippen LogP contribution in [0.5, 0.6) is 0 Å². The van der Waals surface area contributed by atoms with Gasteiger partial charge in [0.05, 0.1) is 6.04 Å². The Morgan fingerprint density at radius 3 is 2.56 bits per heavy atom. The van der Waals surface area contributed by atoms with Gasteiger partial charge >= 0.3 is 0 Å². The van der Waals surface area contributed by atoms with Crippen molar-refractivity contribution >= 4 is 43.2 Å². The van der Waals surface area contributed by atoms with Crippen LogP contribution in [0, 0.1) is 6.92 Å². The predicted octanol–water partition coefficient (Wildman–Crippen LogP) is 5.28. The molecule has 0 fully saturated rings. The minimum Gasteiger partial charge on any atom is -0.306 e. The third kappa shape index (κ3) is 3.05. The maximum absolute atomic E-state index is 3.63. The second-order valence-corrected chi connectivity index (χ2v) is 6.68. The van der Waals surface area contributed by atoms with Crippen LogP contribution in [0.1, 0.15) is 29.7 Å².